The van der Waals surface area contributed by atoms with E-state index in [0.29, 0.717) is 25.3 Å². The second-order valence-corrected chi connectivity index (χ2v) is 10.3. The molecule has 0 radical (unpaired) electrons. The Hall–Kier alpha value is -4.29. The van der Waals surface area contributed by atoms with Crippen molar-refractivity contribution < 1.29 is 28.6 Å². The minimum atomic E-state index is -0.839. The smallest absolute Gasteiger partial charge is 0.288 e. The highest BCUT2D eigenvalue weighted by Gasteiger charge is 2.32. The molecule has 2 aliphatic heterocycles. The molecule has 12 heteroatoms. The molecule has 1 saturated heterocycles. The summed E-state index contributed by atoms with van der Waals surface area (Å²) in [7, 11) is 1.33. The van der Waals surface area contributed by atoms with E-state index in [1.54, 1.807) is 12.1 Å². The number of rotatable bonds is 7. The third-order valence-electron chi connectivity index (χ3n) is 7.21. The Balaban J connectivity index is 1.55. The zero-order valence-corrected chi connectivity index (χ0v) is 22.4. The van der Waals surface area contributed by atoms with Crippen LogP contribution in [-0.2, 0) is 16.0 Å². The summed E-state index contributed by atoms with van der Waals surface area (Å²) < 4.78 is 26.1. The predicted molar refractivity (Wildman–Crippen MR) is 145 cm³/mol. The van der Waals surface area contributed by atoms with E-state index < -0.39 is 28.7 Å². The van der Waals surface area contributed by atoms with E-state index in [0.717, 1.165) is 23.2 Å². The van der Waals surface area contributed by atoms with Crippen LogP contribution in [0, 0.1) is 5.82 Å². The van der Waals surface area contributed by atoms with Crippen LogP contribution in [-0.4, -0.2) is 76.8 Å². The normalized spacial score (nSPS) is 15.3. The van der Waals surface area contributed by atoms with Gasteiger partial charge >= 0.3 is 0 Å². The van der Waals surface area contributed by atoms with E-state index >= 15 is 0 Å². The molecule has 0 spiro atoms. The fourth-order valence-electron chi connectivity index (χ4n) is 4.90. The standard InChI is InChI=1S/C28H30FN5O6/c1-28(2,33-8-10-39-11-9-33)15-32-25(36)19-14-34-22-21(23(35)20(27(34)38)26(37)30-3)31-13-17(24(22)40-19)12-16-4-6-18(29)7-5-16/h4-7,13-14,35H,8-12,15H2,1-3H3,(H,30,37)(H,32,36). The van der Waals surface area contributed by atoms with Gasteiger partial charge in [-0.1, -0.05) is 12.1 Å². The van der Waals surface area contributed by atoms with Crippen molar-refractivity contribution >= 4 is 29.0 Å². The van der Waals surface area contributed by atoms with Gasteiger partial charge in [0.15, 0.2) is 11.5 Å². The Morgan fingerprint density at radius 3 is 2.52 bits per heavy atom. The third kappa shape index (κ3) is 5.03. The average molecular weight is 552 g/mol. The summed E-state index contributed by atoms with van der Waals surface area (Å²) in [4.78, 5) is 45.8. The average Bonchev–Trinajstić information content (AvgIpc) is 2.96. The van der Waals surface area contributed by atoms with Gasteiger partial charge in [-0.2, -0.15) is 0 Å². The number of nitrogens with one attached hydrogen (secondary N) is 2. The zero-order chi connectivity index (χ0) is 28.6. The third-order valence-corrected chi connectivity index (χ3v) is 7.21. The van der Waals surface area contributed by atoms with E-state index in [2.05, 4.69) is 20.5 Å². The summed E-state index contributed by atoms with van der Waals surface area (Å²) in [5.74, 6) is -2.39. The van der Waals surface area contributed by atoms with Gasteiger partial charge in [-0.05, 0) is 31.5 Å². The van der Waals surface area contributed by atoms with E-state index in [1.807, 2.05) is 13.8 Å². The number of carbonyl (C=O) groups is 2. The predicted octanol–water partition coefficient (Wildman–Crippen LogP) is 1.61. The second-order valence-electron chi connectivity index (χ2n) is 10.3. The number of hydrogen-bond acceptors (Lipinski definition) is 8. The molecule has 3 N–H and O–H groups in total. The van der Waals surface area contributed by atoms with Gasteiger partial charge in [0.1, 0.15) is 22.4 Å². The quantitative estimate of drug-likeness (QED) is 0.403. The van der Waals surface area contributed by atoms with Crippen LogP contribution in [0.5, 0.6) is 11.5 Å². The maximum Gasteiger partial charge on any atom is 0.288 e. The Bertz CT molecular complexity index is 1580. The highest BCUT2D eigenvalue weighted by Crippen LogP contribution is 2.38. The number of nitrogens with zero attached hydrogens (tertiary/aromatic N) is 3. The molecule has 2 aromatic heterocycles. The lowest BCUT2D eigenvalue weighted by atomic mass is 10.0. The molecule has 2 aliphatic rings. The van der Waals surface area contributed by atoms with Gasteiger partial charge in [0.2, 0.25) is 5.76 Å². The van der Waals surface area contributed by atoms with E-state index in [-0.39, 0.29) is 40.3 Å². The largest absolute Gasteiger partial charge is 0.505 e. The number of halogens is 1. The maximum absolute atomic E-state index is 13.5. The summed E-state index contributed by atoms with van der Waals surface area (Å²) in [5.41, 5.74) is -0.430. The number of morpholine rings is 1. The van der Waals surface area contributed by atoms with Crippen LogP contribution >= 0.6 is 0 Å². The van der Waals surface area contributed by atoms with Crippen molar-refractivity contribution in [2.24, 2.45) is 0 Å². The van der Waals surface area contributed by atoms with Gasteiger partial charge in [0, 0.05) is 50.4 Å². The van der Waals surface area contributed by atoms with E-state index in [1.165, 1.54) is 31.6 Å². The van der Waals surface area contributed by atoms with Crippen molar-refractivity contribution in [3.8, 4) is 11.5 Å². The fraction of sp³-hybridized carbons (Fsp3) is 0.357. The fourth-order valence-corrected chi connectivity index (χ4v) is 4.90. The number of aromatic nitrogens is 2. The van der Waals surface area contributed by atoms with Crippen molar-refractivity contribution in [3.05, 3.63) is 69.1 Å². The number of benzene rings is 1. The Kier molecular flexibility index (Phi) is 7.30. The SMILES string of the molecule is CNC(=O)c1c(O)c2ncc(Cc3ccc(F)cc3)c3c2n(c1=O)C=C(C(=O)NCC(C)(C)N1CCOCC1)O3. The van der Waals surface area contributed by atoms with Gasteiger partial charge in [-0.25, -0.2) is 4.39 Å². The van der Waals surface area contributed by atoms with E-state index in [4.69, 9.17) is 9.47 Å². The van der Waals surface area contributed by atoms with Crippen molar-refractivity contribution in [2.45, 2.75) is 25.8 Å². The molecule has 210 valence electrons. The molecule has 11 nitrogen and oxygen atoms in total. The number of ether oxygens (including phenoxy) is 2. The van der Waals surface area contributed by atoms with Crippen molar-refractivity contribution in [1.29, 1.82) is 0 Å². The summed E-state index contributed by atoms with van der Waals surface area (Å²) in [6.07, 6.45) is 2.87. The maximum atomic E-state index is 13.5. The molecule has 0 atom stereocenters. The van der Waals surface area contributed by atoms with Crippen LogP contribution in [0.4, 0.5) is 4.39 Å². The first kappa shape index (κ1) is 27.3. The number of aromatic hydroxyl groups is 1. The van der Waals surface area contributed by atoms with Crippen LogP contribution in [0.1, 0.15) is 35.3 Å². The van der Waals surface area contributed by atoms with Crippen LogP contribution in [0.25, 0.3) is 17.2 Å². The number of pyridine rings is 2. The Labute approximate surface area is 229 Å². The van der Waals surface area contributed by atoms with Gasteiger partial charge in [0.05, 0.1) is 19.4 Å². The summed E-state index contributed by atoms with van der Waals surface area (Å²) in [5, 5.41) is 16.1. The molecule has 3 aromatic rings. The van der Waals surface area contributed by atoms with Crippen molar-refractivity contribution in [3.63, 3.8) is 0 Å². The number of hydrogen-bond donors (Lipinski definition) is 3. The molecule has 0 saturated carbocycles. The molecule has 4 heterocycles. The number of carbonyl (C=O) groups excluding carboxylic acids is 2. The van der Waals surface area contributed by atoms with Gasteiger partial charge < -0.3 is 25.2 Å². The summed E-state index contributed by atoms with van der Waals surface area (Å²) in [6, 6.07) is 5.85. The van der Waals surface area contributed by atoms with Crippen LogP contribution in [0.2, 0.25) is 0 Å². The molecule has 0 aliphatic carbocycles. The van der Waals surface area contributed by atoms with Gasteiger partial charge in [-0.15, -0.1) is 0 Å². The zero-order valence-electron chi connectivity index (χ0n) is 22.4. The topological polar surface area (TPSA) is 135 Å². The minimum absolute atomic E-state index is 0.0415. The lowest BCUT2D eigenvalue weighted by molar-refractivity contribution is -0.120. The van der Waals surface area contributed by atoms with Crippen molar-refractivity contribution in [1.82, 2.24) is 25.1 Å². The van der Waals surface area contributed by atoms with E-state index in [9.17, 15) is 23.9 Å². The van der Waals surface area contributed by atoms with Crippen LogP contribution in [0.15, 0.2) is 41.0 Å². The first-order valence-electron chi connectivity index (χ1n) is 12.9. The Morgan fingerprint density at radius 1 is 1.15 bits per heavy atom. The molecular weight excluding hydrogens is 521 g/mol. The lowest BCUT2D eigenvalue weighted by Crippen LogP contribution is -2.55. The molecule has 1 fully saturated rings. The first-order valence-corrected chi connectivity index (χ1v) is 12.9. The molecule has 2 amide bonds. The van der Waals surface area contributed by atoms with Crippen LogP contribution in [0.3, 0.4) is 0 Å². The molecule has 1 aromatic carbocycles. The summed E-state index contributed by atoms with van der Waals surface area (Å²) in [6.45, 7) is 7.01. The number of amides is 2. The van der Waals surface area contributed by atoms with Gasteiger partial charge in [-0.3, -0.25) is 28.8 Å². The molecule has 0 bridgehead atoms. The molecule has 5 rings (SSSR count). The molecular formula is C28H30FN5O6. The monoisotopic (exact) mass is 551 g/mol. The lowest BCUT2D eigenvalue weighted by Gasteiger charge is -2.40. The van der Waals surface area contributed by atoms with Gasteiger partial charge in [0.25, 0.3) is 17.4 Å². The first-order chi connectivity index (χ1) is 19.1. The molecule has 40 heavy (non-hydrogen) atoms. The Morgan fingerprint density at radius 2 is 1.85 bits per heavy atom. The molecule has 0 unspecified atom stereocenters. The highest BCUT2D eigenvalue weighted by molar-refractivity contribution is 6.04. The summed E-state index contributed by atoms with van der Waals surface area (Å²) >= 11 is 0. The minimum Gasteiger partial charge on any atom is -0.505 e. The highest BCUT2D eigenvalue weighted by atomic mass is 19.1. The van der Waals surface area contributed by atoms with Crippen molar-refractivity contribution in [2.75, 3.05) is 39.9 Å². The van der Waals surface area contributed by atoms with Crippen LogP contribution < -0.4 is 20.9 Å². The second kappa shape index (κ2) is 10.7.